The fraction of sp³-hybridized carbons (Fsp3) is 0.240. The Morgan fingerprint density at radius 1 is 1.03 bits per heavy atom. The van der Waals surface area contributed by atoms with Crippen molar-refractivity contribution < 1.29 is 27.5 Å². The second-order valence-electron chi connectivity index (χ2n) is 8.11. The maximum Gasteiger partial charge on any atom is 0.239 e. The number of Topliss-reactive ketones (excluding diaryl/α,β-unsaturated/α-hetero) is 1. The van der Waals surface area contributed by atoms with Crippen LogP contribution in [0.25, 0.3) is 11.1 Å². The molecule has 0 saturated heterocycles. The molecule has 0 N–H and O–H groups in total. The molecule has 0 unspecified atom stereocenters. The van der Waals surface area contributed by atoms with Crippen molar-refractivity contribution in [2.75, 3.05) is 12.0 Å². The Hall–Kier alpha value is -3.68. The lowest BCUT2D eigenvalue weighted by molar-refractivity contribution is -0.117. The Balaban J connectivity index is 2.10. The highest BCUT2D eigenvalue weighted by atomic mass is 19.1. The third-order valence-corrected chi connectivity index (χ3v) is 5.65. The molecule has 1 aliphatic rings. The number of carbonyl (C=O) groups is 2. The van der Waals surface area contributed by atoms with E-state index in [2.05, 4.69) is 4.98 Å². The molecule has 1 amide bonds. The molecular formula is C25H21F3N2O3. The summed E-state index contributed by atoms with van der Waals surface area (Å²) in [6.07, 6.45) is 1.02. The highest BCUT2D eigenvalue weighted by molar-refractivity contribution is 6.23. The average molecular weight is 454 g/mol. The SMILES string of the molecule is COc1cccc(F)c1-c1c(F)cc2c(c1F)N(c1c(C)ccnc1C(C)C)C(=O)CC2=O. The third kappa shape index (κ3) is 3.55. The minimum absolute atomic E-state index is 0.0896. The molecular weight excluding hydrogens is 433 g/mol. The molecule has 1 aliphatic heterocycles. The smallest absolute Gasteiger partial charge is 0.239 e. The van der Waals surface area contributed by atoms with Gasteiger partial charge in [0.1, 0.15) is 17.4 Å². The summed E-state index contributed by atoms with van der Waals surface area (Å²) in [5.74, 6) is -4.90. The average Bonchev–Trinajstić information content (AvgIpc) is 2.76. The molecule has 1 aromatic heterocycles. The van der Waals surface area contributed by atoms with Gasteiger partial charge in [0, 0.05) is 11.8 Å². The lowest BCUT2D eigenvalue weighted by Gasteiger charge is -2.32. The minimum Gasteiger partial charge on any atom is -0.496 e. The fourth-order valence-electron chi connectivity index (χ4n) is 4.14. The molecule has 2 aromatic carbocycles. The van der Waals surface area contributed by atoms with Crippen LogP contribution >= 0.6 is 0 Å². The van der Waals surface area contributed by atoms with Gasteiger partial charge in [0.2, 0.25) is 5.91 Å². The van der Waals surface area contributed by atoms with Gasteiger partial charge < -0.3 is 4.74 Å². The van der Waals surface area contributed by atoms with Gasteiger partial charge in [-0.25, -0.2) is 13.2 Å². The normalized spacial score (nSPS) is 13.5. The van der Waals surface area contributed by atoms with Crippen LogP contribution in [0.3, 0.4) is 0 Å². The van der Waals surface area contributed by atoms with Crippen molar-refractivity contribution in [3.63, 3.8) is 0 Å². The second-order valence-corrected chi connectivity index (χ2v) is 8.11. The molecule has 0 atom stereocenters. The first-order chi connectivity index (χ1) is 15.7. The maximum atomic E-state index is 16.1. The van der Waals surface area contributed by atoms with Gasteiger partial charge in [0.15, 0.2) is 11.6 Å². The van der Waals surface area contributed by atoms with E-state index < -0.39 is 52.4 Å². The van der Waals surface area contributed by atoms with Crippen LogP contribution in [0.2, 0.25) is 0 Å². The molecule has 0 aliphatic carbocycles. The molecule has 5 nitrogen and oxygen atoms in total. The number of pyridine rings is 1. The number of ether oxygens (including phenoxy) is 1. The van der Waals surface area contributed by atoms with Gasteiger partial charge in [-0.15, -0.1) is 0 Å². The van der Waals surface area contributed by atoms with Crippen molar-refractivity contribution in [3.8, 4) is 16.9 Å². The molecule has 4 rings (SSSR count). The molecule has 0 bridgehead atoms. The molecule has 33 heavy (non-hydrogen) atoms. The van der Waals surface area contributed by atoms with Crippen LogP contribution in [0.15, 0.2) is 36.5 Å². The van der Waals surface area contributed by atoms with E-state index in [1.54, 1.807) is 19.2 Å². The van der Waals surface area contributed by atoms with E-state index >= 15 is 8.78 Å². The zero-order valence-corrected chi connectivity index (χ0v) is 18.5. The Kier molecular flexibility index (Phi) is 5.69. The summed E-state index contributed by atoms with van der Waals surface area (Å²) < 4.78 is 51.2. The summed E-state index contributed by atoms with van der Waals surface area (Å²) in [5, 5.41) is 0. The zero-order valence-electron chi connectivity index (χ0n) is 18.5. The molecule has 2 heterocycles. The van der Waals surface area contributed by atoms with E-state index in [0.29, 0.717) is 16.9 Å². The summed E-state index contributed by atoms with van der Waals surface area (Å²) in [4.78, 5) is 31.1. The van der Waals surface area contributed by atoms with Crippen LogP contribution in [-0.2, 0) is 4.79 Å². The number of fused-ring (bicyclic) bond motifs is 1. The molecule has 170 valence electrons. The quantitative estimate of drug-likeness (QED) is 0.464. The second kappa shape index (κ2) is 8.35. The molecule has 0 spiro atoms. The van der Waals surface area contributed by atoms with Crippen molar-refractivity contribution >= 4 is 23.1 Å². The molecule has 3 aromatic rings. The highest BCUT2D eigenvalue weighted by Gasteiger charge is 2.39. The largest absolute Gasteiger partial charge is 0.496 e. The Morgan fingerprint density at radius 3 is 2.42 bits per heavy atom. The minimum atomic E-state index is -1.23. The maximum absolute atomic E-state index is 16.1. The van der Waals surface area contributed by atoms with E-state index in [1.165, 1.54) is 19.2 Å². The Labute approximate surface area is 188 Å². The van der Waals surface area contributed by atoms with Crippen molar-refractivity contribution in [2.24, 2.45) is 0 Å². The first kappa shape index (κ1) is 22.5. The van der Waals surface area contributed by atoms with Gasteiger partial charge in [-0.2, -0.15) is 0 Å². The number of aromatic nitrogens is 1. The number of carbonyl (C=O) groups excluding carboxylic acids is 2. The first-order valence-electron chi connectivity index (χ1n) is 10.3. The standard InChI is InChI=1S/C25H21F3N2O3/c1-12(2)23-24(13(3)8-9-29-23)30-19(32)11-17(31)14-10-16(27)21(22(28)25(14)30)20-15(26)6-5-7-18(20)33-4/h5-10,12H,11H2,1-4H3. The van der Waals surface area contributed by atoms with Crippen molar-refractivity contribution in [1.82, 2.24) is 4.98 Å². The number of amides is 1. The van der Waals surface area contributed by atoms with Gasteiger partial charge in [-0.05, 0) is 42.7 Å². The number of halogens is 3. The third-order valence-electron chi connectivity index (χ3n) is 5.65. The Bertz CT molecular complexity index is 1300. The van der Waals surface area contributed by atoms with Gasteiger partial charge in [-0.1, -0.05) is 19.9 Å². The lowest BCUT2D eigenvalue weighted by atomic mass is 9.92. The lowest BCUT2D eigenvalue weighted by Crippen LogP contribution is -2.36. The molecule has 8 heteroatoms. The monoisotopic (exact) mass is 454 g/mol. The van der Waals surface area contributed by atoms with Gasteiger partial charge >= 0.3 is 0 Å². The van der Waals surface area contributed by atoms with Gasteiger partial charge in [-0.3, -0.25) is 19.5 Å². The predicted molar refractivity (Wildman–Crippen MR) is 117 cm³/mol. The van der Waals surface area contributed by atoms with Crippen LogP contribution in [0, 0.1) is 24.4 Å². The number of nitrogens with zero attached hydrogens (tertiary/aromatic N) is 2. The molecule has 0 saturated carbocycles. The van der Waals surface area contributed by atoms with E-state index in [9.17, 15) is 14.0 Å². The zero-order chi connectivity index (χ0) is 24.0. The number of hydrogen-bond donors (Lipinski definition) is 0. The van der Waals surface area contributed by atoms with Crippen LogP contribution < -0.4 is 9.64 Å². The van der Waals surface area contributed by atoms with Gasteiger partial charge in [0.05, 0.1) is 41.7 Å². The summed E-state index contributed by atoms with van der Waals surface area (Å²) in [7, 11) is 1.25. The number of anilines is 2. The summed E-state index contributed by atoms with van der Waals surface area (Å²) in [6.45, 7) is 5.46. The fourth-order valence-corrected chi connectivity index (χ4v) is 4.14. The van der Waals surface area contributed by atoms with E-state index in [1.807, 2.05) is 13.8 Å². The van der Waals surface area contributed by atoms with Crippen molar-refractivity contribution in [3.05, 3.63) is 70.8 Å². The summed E-state index contributed by atoms with van der Waals surface area (Å²) >= 11 is 0. The predicted octanol–water partition coefficient (Wildman–Crippen LogP) is 5.86. The topological polar surface area (TPSA) is 59.5 Å². The van der Waals surface area contributed by atoms with Crippen LogP contribution in [0.1, 0.15) is 47.8 Å². The number of methoxy groups -OCH3 is 1. The number of rotatable bonds is 4. The van der Waals surface area contributed by atoms with E-state index in [0.717, 1.165) is 17.0 Å². The van der Waals surface area contributed by atoms with Crippen molar-refractivity contribution in [1.29, 1.82) is 0 Å². The van der Waals surface area contributed by atoms with Crippen LogP contribution in [0.5, 0.6) is 5.75 Å². The molecule has 0 radical (unpaired) electrons. The highest BCUT2D eigenvalue weighted by Crippen LogP contribution is 2.46. The van der Waals surface area contributed by atoms with Crippen LogP contribution in [0.4, 0.5) is 24.5 Å². The van der Waals surface area contributed by atoms with Gasteiger partial charge in [0.25, 0.3) is 0 Å². The number of ketones is 1. The summed E-state index contributed by atoms with van der Waals surface area (Å²) in [6, 6.07) is 6.27. The number of benzene rings is 2. The van der Waals surface area contributed by atoms with E-state index in [-0.39, 0.29) is 17.2 Å². The first-order valence-corrected chi connectivity index (χ1v) is 10.3. The number of aryl methyl sites for hydroxylation is 1. The van der Waals surface area contributed by atoms with Crippen LogP contribution in [-0.4, -0.2) is 23.8 Å². The Morgan fingerprint density at radius 2 is 1.76 bits per heavy atom. The van der Waals surface area contributed by atoms with E-state index in [4.69, 9.17) is 4.74 Å². The number of hydrogen-bond acceptors (Lipinski definition) is 4. The summed E-state index contributed by atoms with van der Waals surface area (Å²) in [5.41, 5.74) is -0.409. The molecule has 0 fully saturated rings. The van der Waals surface area contributed by atoms with Crippen molar-refractivity contribution in [2.45, 2.75) is 33.1 Å².